The number of nitrogens with zero attached hydrogens (tertiary/aromatic N) is 4. The van der Waals surface area contributed by atoms with Crippen LogP contribution in [0.15, 0.2) is 58.0 Å². The lowest BCUT2D eigenvalue weighted by Gasteiger charge is -2.12. The number of hydrazone groups is 1. The van der Waals surface area contributed by atoms with Crippen LogP contribution in [0, 0.1) is 37.3 Å². The van der Waals surface area contributed by atoms with Gasteiger partial charge in [-0.05, 0) is 26.0 Å². The summed E-state index contributed by atoms with van der Waals surface area (Å²) in [6, 6.07) is 8.92. The molecular weight excluding hydrogens is 492 g/mol. The van der Waals surface area contributed by atoms with E-state index >= 15 is 0 Å². The fourth-order valence-electron chi connectivity index (χ4n) is 3.19. The first-order valence-electron chi connectivity index (χ1n) is 10.4. The van der Waals surface area contributed by atoms with Crippen molar-refractivity contribution in [3.63, 3.8) is 0 Å². The highest BCUT2D eigenvalue weighted by Crippen LogP contribution is 2.30. The molecule has 1 atom stereocenters. The van der Waals surface area contributed by atoms with Crippen molar-refractivity contribution in [2.75, 3.05) is 0 Å². The van der Waals surface area contributed by atoms with Gasteiger partial charge in [-0.25, -0.2) is 5.43 Å². The van der Waals surface area contributed by atoms with E-state index in [-0.39, 0.29) is 17.0 Å². The summed E-state index contributed by atoms with van der Waals surface area (Å²) in [5.74, 6) is -1.13. The standard InChI is InChI=1S/C22H18N6O9/c1-12-18(4-3-5-19(12)28(35)36)20-7-6-17(37-20)11-23-25-21(29)13(2)24-22(30)14-8-15(26(31)32)10-16(9-14)27(33)34/h3-11,13H,1-2H3,(H,24,30)(H,25,29)/b23-11-/t13-/m0/s1. The van der Waals surface area contributed by atoms with Gasteiger partial charge in [0.05, 0.1) is 32.6 Å². The first-order valence-corrected chi connectivity index (χ1v) is 10.4. The summed E-state index contributed by atoms with van der Waals surface area (Å²) in [6.07, 6.45) is 1.17. The summed E-state index contributed by atoms with van der Waals surface area (Å²) in [5.41, 5.74) is 1.36. The van der Waals surface area contributed by atoms with E-state index in [4.69, 9.17) is 4.42 Å². The highest BCUT2D eigenvalue weighted by molar-refractivity contribution is 5.98. The number of non-ortho nitro benzene ring substituents is 2. The number of rotatable bonds is 9. The van der Waals surface area contributed by atoms with Gasteiger partial charge in [-0.3, -0.25) is 39.9 Å². The van der Waals surface area contributed by atoms with Crippen LogP contribution in [0.3, 0.4) is 0 Å². The molecule has 3 aromatic rings. The molecule has 0 aliphatic heterocycles. The van der Waals surface area contributed by atoms with Crippen LogP contribution in [0.2, 0.25) is 0 Å². The van der Waals surface area contributed by atoms with Crippen molar-refractivity contribution < 1.29 is 28.8 Å². The van der Waals surface area contributed by atoms with Gasteiger partial charge >= 0.3 is 0 Å². The highest BCUT2D eigenvalue weighted by Gasteiger charge is 2.22. The first-order chi connectivity index (χ1) is 17.5. The van der Waals surface area contributed by atoms with Gasteiger partial charge in [0, 0.05) is 29.3 Å². The second-order valence-electron chi connectivity index (χ2n) is 7.59. The summed E-state index contributed by atoms with van der Waals surface area (Å²) in [5, 5.41) is 39.1. The topological polar surface area (TPSA) is 213 Å². The number of amides is 2. The molecule has 2 aromatic carbocycles. The smallest absolute Gasteiger partial charge is 0.277 e. The molecule has 2 N–H and O–H groups in total. The summed E-state index contributed by atoms with van der Waals surface area (Å²) >= 11 is 0. The minimum Gasteiger partial charge on any atom is -0.455 e. The number of nitro groups is 3. The van der Waals surface area contributed by atoms with Gasteiger partial charge in [0.2, 0.25) is 0 Å². The zero-order chi connectivity index (χ0) is 27.3. The van der Waals surface area contributed by atoms with Crippen molar-refractivity contribution in [3.05, 3.63) is 95.8 Å². The van der Waals surface area contributed by atoms with Gasteiger partial charge < -0.3 is 9.73 Å². The molecule has 2 amide bonds. The van der Waals surface area contributed by atoms with Crippen LogP contribution in [-0.2, 0) is 4.79 Å². The predicted molar refractivity (Wildman–Crippen MR) is 128 cm³/mol. The van der Waals surface area contributed by atoms with Gasteiger partial charge in [0.25, 0.3) is 28.9 Å². The molecule has 190 valence electrons. The fourth-order valence-corrected chi connectivity index (χ4v) is 3.19. The molecule has 37 heavy (non-hydrogen) atoms. The Morgan fingerprint density at radius 2 is 1.62 bits per heavy atom. The largest absolute Gasteiger partial charge is 0.455 e. The Kier molecular flexibility index (Phi) is 7.67. The molecule has 3 rings (SSSR count). The number of benzene rings is 2. The summed E-state index contributed by atoms with van der Waals surface area (Å²) < 4.78 is 5.61. The quantitative estimate of drug-likeness (QED) is 0.245. The molecule has 0 radical (unpaired) electrons. The summed E-state index contributed by atoms with van der Waals surface area (Å²) in [6.45, 7) is 2.90. The second kappa shape index (κ2) is 10.9. The Balaban J connectivity index is 1.64. The number of carbonyl (C=O) groups is 2. The van der Waals surface area contributed by atoms with Crippen LogP contribution >= 0.6 is 0 Å². The van der Waals surface area contributed by atoms with E-state index in [9.17, 15) is 39.9 Å². The van der Waals surface area contributed by atoms with E-state index in [1.165, 1.54) is 31.3 Å². The average Bonchev–Trinajstić information content (AvgIpc) is 3.32. The lowest BCUT2D eigenvalue weighted by atomic mass is 10.1. The third-order valence-electron chi connectivity index (χ3n) is 5.09. The monoisotopic (exact) mass is 510 g/mol. The molecule has 0 bridgehead atoms. The zero-order valence-electron chi connectivity index (χ0n) is 19.2. The highest BCUT2D eigenvalue weighted by atomic mass is 16.6. The van der Waals surface area contributed by atoms with Crippen molar-refractivity contribution in [2.45, 2.75) is 19.9 Å². The zero-order valence-corrected chi connectivity index (χ0v) is 19.2. The minimum absolute atomic E-state index is 0.0628. The molecule has 0 fully saturated rings. The average molecular weight is 510 g/mol. The third kappa shape index (κ3) is 6.16. The lowest BCUT2D eigenvalue weighted by Crippen LogP contribution is -2.43. The SMILES string of the molecule is Cc1c(-c2ccc(/C=N\NC(=O)[C@H](C)NC(=O)c3cc([N+](=O)[O-])cc([N+](=O)[O-])c3)o2)cccc1[N+](=O)[O-]. The van der Waals surface area contributed by atoms with Gasteiger partial charge in [-0.2, -0.15) is 5.10 Å². The summed E-state index contributed by atoms with van der Waals surface area (Å²) in [7, 11) is 0. The number of nitrogens with one attached hydrogen (secondary N) is 2. The van der Waals surface area contributed by atoms with E-state index in [1.54, 1.807) is 19.1 Å². The Labute approximate surface area is 207 Å². The molecular formula is C22H18N6O9. The van der Waals surface area contributed by atoms with Crippen molar-refractivity contribution >= 4 is 35.1 Å². The maximum absolute atomic E-state index is 12.4. The molecule has 15 nitrogen and oxygen atoms in total. The number of nitro benzene ring substituents is 3. The number of hydrogen-bond acceptors (Lipinski definition) is 10. The third-order valence-corrected chi connectivity index (χ3v) is 5.09. The van der Waals surface area contributed by atoms with Crippen LogP contribution < -0.4 is 10.7 Å². The van der Waals surface area contributed by atoms with Gasteiger partial charge in [0.15, 0.2) is 0 Å². The lowest BCUT2D eigenvalue weighted by molar-refractivity contribution is -0.394. The number of furan rings is 1. The molecule has 0 unspecified atom stereocenters. The molecule has 15 heteroatoms. The van der Waals surface area contributed by atoms with Crippen LogP contribution in [0.25, 0.3) is 11.3 Å². The number of hydrogen-bond donors (Lipinski definition) is 2. The Hall–Kier alpha value is -5.47. The molecule has 1 aromatic heterocycles. The van der Waals surface area contributed by atoms with E-state index in [2.05, 4.69) is 15.8 Å². The predicted octanol–water partition coefficient (Wildman–Crippen LogP) is 3.25. The first kappa shape index (κ1) is 26.1. The molecule has 1 heterocycles. The Morgan fingerprint density at radius 1 is 0.973 bits per heavy atom. The van der Waals surface area contributed by atoms with Crippen LogP contribution in [-0.4, -0.2) is 38.8 Å². The molecule has 0 saturated carbocycles. The maximum Gasteiger partial charge on any atom is 0.277 e. The molecule has 0 aliphatic carbocycles. The van der Waals surface area contributed by atoms with E-state index in [0.717, 1.165) is 12.1 Å². The molecule has 0 saturated heterocycles. The van der Waals surface area contributed by atoms with Gasteiger partial charge in [-0.15, -0.1) is 0 Å². The van der Waals surface area contributed by atoms with Crippen LogP contribution in [0.1, 0.15) is 28.6 Å². The number of carbonyl (C=O) groups excluding carboxylic acids is 2. The van der Waals surface area contributed by atoms with E-state index < -0.39 is 44.0 Å². The van der Waals surface area contributed by atoms with Crippen LogP contribution in [0.4, 0.5) is 17.1 Å². The molecule has 0 spiro atoms. The summed E-state index contributed by atoms with van der Waals surface area (Å²) in [4.78, 5) is 55.5. The van der Waals surface area contributed by atoms with Crippen molar-refractivity contribution in [1.82, 2.24) is 10.7 Å². The van der Waals surface area contributed by atoms with Crippen molar-refractivity contribution in [3.8, 4) is 11.3 Å². The fraction of sp³-hybridized carbons (Fsp3) is 0.136. The van der Waals surface area contributed by atoms with Crippen molar-refractivity contribution in [1.29, 1.82) is 0 Å². The van der Waals surface area contributed by atoms with E-state index in [1.807, 2.05) is 0 Å². The normalized spacial score (nSPS) is 11.6. The second-order valence-corrected chi connectivity index (χ2v) is 7.59. The minimum atomic E-state index is -1.16. The van der Waals surface area contributed by atoms with E-state index in [0.29, 0.717) is 23.0 Å². The maximum atomic E-state index is 12.4. The van der Waals surface area contributed by atoms with Gasteiger partial charge in [0.1, 0.15) is 17.6 Å². The van der Waals surface area contributed by atoms with Crippen LogP contribution in [0.5, 0.6) is 0 Å². The van der Waals surface area contributed by atoms with Crippen molar-refractivity contribution in [2.24, 2.45) is 5.10 Å². The Morgan fingerprint density at radius 3 is 2.22 bits per heavy atom. The Bertz CT molecular complexity index is 1410. The van der Waals surface area contributed by atoms with Gasteiger partial charge in [-0.1, -0.05) is 12.1 Å². The molecule has 0 aliphatic rings.